The van der Waals surface area contributed by atoms with Gasteiger partial charge in [-0.25, -0.2) is 0 Å². The van der Waals surface area contributed by atoms with E-state index >= 15 is 0 Å². The Morgan fingerprint density at radius 2 is 1.82 bits per heavy atom. The Balaban J connectivity index is 1.54. The Morgan fingerprint density at radius 3 is 2.58 bits per heavy atom. The molecule has 1 aromatic heterocycles. The molecule has 2 heterocycles. The van der Waals surface area contributed by atoms with Crippen LogP contribution in [0, 0.1) is 6.92 Å². The first-order valence-corrected chi connectivity index (χ1v) is 10.1. The fourth-order valence-corrected chi connectivity index (χ4v) is 3.94. The van der Waals surface area contributed by atoms with Crippen LogP contribution in [0.1, 0.15) is 12.1 Å². The lowest BCUT2D eigenvalue weighted by atomic mass is 10.1. The van der Waals surface area contributed by atoms with Gasteiger partial charge in [-0.1, -0.05) is 30.3 Å². The van der Waals surface area contributed by atoms with E-state index in [2.05, 4.69) is 5.32 Å². The second-order valence-corrected chi connectivity index (χ2v) is 7.68. The van der Waals surface area contributed by atoms with Crippen molar-refractivity contribution in [2.45, 2.75) is 32.1 Å². The van der Waals surface area contributed by atoms with Crippen molar-refractivity contribution in [1.29, 1.82) is 0 Å². The number of carbonyl (C=O) groups excluding carboxylic acids is 3. The SMILES string of the molecule is Cc1cc2ccccc2n1CC(=O)OCC(=O)N1c2ccccc2NC(=O)CC1C(F)(F)F. The van der Waals surface area contributed by atoms with Gasteiger partial charge >= 0.3 is 12.1 Å². The van der Waals surface area contributed by atoms with Crippen molar-refractivity contribution in [3.63, 3.8) is 0 Å². The molecule has 1 aliphatic heterocycles. The minimum absolute atomic E-state index is 0.0726. The predicted molar refractivity (Wildman–Crippen MR) is 115 cm³/mol. The van der Waals surface area contributed by atoms with Crippen LogP contribution < -0.4 is 10.2 Å². The van der Waals surface area contributed by atoms with Crippen molar-refractivity contribution in [1.82, 2.24) is 4.57 Å². The average molecular weight is 459 g/mol. The number of carbonyl (C=O) groups is 3. The molecule has 0 saturated carbocycles. The molecule has 0 radical (unpaired) electrons. The van der Waals surface area contributed by atoms with Gasteiger partial charge in [-0.15, -0.1) is 0 Å². The third kappa shape index (κ3) is 4.55. The quantitative estimate of drug-likeness (QED) is 0.602. The topological polar surface area (TPSA) is 80.6 Å². The maximum Gasteiger partial charge on any atom is 0.409 e. The number of rotatable bonds is 4. The number of fused-ring (bicyclic) bond motifs is 2. The molecule has 10 heteroatoms. The molecule has 4 rings (SSSR count). The number of hydrogen-bond acceptors (Lipinski definition) is 4. The van der Waals surface area contributed by atoms with E-state index in [0.717, 1.165) is 16.6 Å². The van der Waals surface area contributed by atoms with Crippen molar-refractivity contribution in [3.05, 3.63) is 60.3 Å². The molecule has 0 spiro atoms. The normalized spacial score (nSPS) is 16.2. The molecular weight excluding hydrogens is 439 g/mol. The molecule has 2 aromatic carbocycles. The molecule has 172 valence electrons. The van der Waals surface area contributed by atoms with Gasteiger partial charge in [0.15, 0.2) is 6.61 Å². The standard InChI is InChI=1S/C23H20F3N3O4/c1-14-10-15-6-2-4-8-17(15)28(14)12-22(32)33-13-21(31)29-18-9-5-3-7-16(18)27-20(30)11-19(29)23(24,25)26/h2-10,19H,11-13H2,1H3,(H,27,30). The summed E-state index contributed by atoms with van der Waals surface area (Å²) in [7, 11) is 0. The van der Waals surface area contributed by atoms with Crippen LogP contribution in [0.15, 0.2) is 54.6 Å². The summed E-state index contributed by atoms with van der Waals surface area (Å²) in [5.74, 6) is -2.72. The van der Waals surface area contributed by atoms with E-state index in [1.807, 2.05) is 37.3 Å². The van der Waals surface area contributed by atoms with E-state index in [1.54, 1.807) is 4.57 Å². The highest BCUT2D eigenvalue weighted by molar-refractivity contribution is 6.05. The first kappa shape index (κ1) is 22.4. The van der Waals surface area contributed by atoms with Gasteiger partial charge in [0.25, 0.3) is 5.91 Å². The number of amides is 2. The maximum absolute atomic E-state index is 13.8. The van der Waals surface area contributed by atoms with Gasteiger partial charge in [0.1, 0.15) is 12.6 Å². The lowest BCUT2D eigenvalue weighted by Crippen LogP contribution is -2.51. The van der Waals surface area contributed by atoms with Gasteiger partial charge in [-0.3, -0.25) is 19.3 Å². The maximum atomic E-state index is 13.8. The highest BCUT2D eigenvalue weighted by Gasteiger charge is 2.49. The number of anilines is 2. The summed E-state index contributed by atoms with van der Waals surface area (Å²) in [6.45, 7) is 0.711. The predicted octanol–water partition coefficient (Wildman–Crippen LogP) is 3.80. The summed E-state index contributed by atoms with van der Waals surface area (Å²) in [5.41, 5.74) is 1.55. The summed E-state index contributed by atoms with van der Waals surface area (Å²) in [5, 5.41) is 3.30. The smallest absolute Gasteiger partial charge is 0.409 e. The van der Waals surface area contributed by atoms with Crippen molar-refractivity contribution < 1.29 is 32.3 Å². The molecule has 0 saturated heterocycles. The van der Waals surface area contributed by atoms with Gasteiger partial charge in [-0.05, 0) is 36.6 Å². The molecule has 1 unspecified atom stereocenters. The number of aromatic nitrogens is 1. The summed E-state index contributed by atoms with van der Waals surface area (Å²) in [6.07, 6.45) is -5.83. The van der Waals surface area contributed by atoms with E-state index in [4.69, 9.17) is 4.74 Å². The zero-order valence-electron chi connectivity index (χ0n) is 17.6. The first-order valence-electron chi connectivity index (χ1n) is 10.1. The third-order valence-corrected chi connectivity index (χ3v) is 5.44. The second-order valence-electron chi connectivity index (χ2n) is 7.68. The summed E-state index contributed by atoms with van der Waals surface area (Å²) in [6, 6.07) is 12.6. The van der Waals surface area contributed by atoms with Gasteiger partial charge in [0, 0.05) is 11.2 Å². The Kier molecular flexibility index (Phi) is 5.84. The minimum atomic E-state index is -4.87. The second kappa shape index (κ2) is 8.61. The molecule has 1 N–H and O–H groups in total. The van der Waals surface area contributed by atoms with Crippen LogP contribution in [0.25, 0.3) is 10.9 Å². The van der Waals surface area contributed by atoms with Crippen molar-refractivity contribution in [2.75, 3.05) is 16.8 Å². The molecule has 1 aliphatic rings. The molecule has 0 bridgehead atoms. The molecule has 33 heavy (non-hydrogen) atoms. The van der Waals surface area contributed by atoms with Crippen LogP contribution in [0.4, 0.5) is 24.5 Å². The fourth-order valence-electron chi connectivity index (χ4n) is 3.94. The van der Waals surface area contributed by atoms with E-state index in [9.17, 15) is 27.6 Å². The summed E-state index contributed by atoms with van der Waals surface area (Å²) in [4.78, 5) is 37.8. The zero-order chi connectivity index (χ0) is 23.8. The first-order chi connectivity index (χ1) is 15.6. The Morgan fingerprint density at radius 1 is 1.12 bits per heavy atom. The third-order valence-electron chi connectivity index (χ3n) is 5.44. The molecule has 3 aromatic rings. The van der Waals surface area contributed by atoms with Crippen LogP contribution >= 0.6 is 0 Å². The molecule has 0 fully saturated rings. The number of ether oxygens (including phenoxy) is 1. The van der Waals surface area contributed by atoms with Gasteiger partial charge in [0.05, 0.1) is 17.8 Å². The number of nitrogens with one attached hydrogen (secondary N) is 1. The highest BCUT2D eigenvalue weighted by Crippen LogP contribution is 2.37. The molecule has 7 nitrogen and oxygen atoms in total. The van der Waals surface area contributed by atoms with E-state index in [1.165, 1.54) is 24.3 Å². The summed E-state index contributed by atoms with van der Waals surface area (Å²) >= 11 is 0. The number of nitrogens with zero attached hydrogens (tertiary/aromatic N) is 2. The largest absolute Gasteiger partial charge is 0.454 e. The number of para-hydroxylation sites is 3. The van der Waals surface area contributed by atoms with Crippen LogP contribution in [0.2, 0.25) is 0 Å². The van der Waals surface area contributed by atoms with Crippen molar-refractivity contribution in [2.24, 2.45) is 0 Å². The minimum Gasteiger partial charge on any atom is -0.454 e. The Labute approximate surface area is 186 Å². The lowest BCUT2D eigenvalue weighted by Gasteiger charge is -2.31. The van der Waals surface area contributed by atoms with E-state index in [0.29, 0.717) is 4.90 Å². The number of hydrogen-bond donors (Lipinski definition) is 1. The molecule has 0 aliphatic carbocycles. The molecule has 2 amide bonds. The monoisotopic (exact) mass is 459 g/mol. The van der Waals surface area contributed by atoms with Crippen molar-refractivity contribution in [3.8, 4) is 0 Å². The lowest BCUT2D eigenvalue weighted by molar-refractivity contribution is -0.160. The van der Waals surface area contributed by atoms with Crippen molar-refractivity contribution >= 4 is 40.1 Å². The number of halogens is 3. The number of aryl methyl sites for hydroxylation is 1. The number of esters is 1. The van der Waals surface area contributed by atoms with Gasteiger partial charge in [0.2, 0.25) is 5.91 Å². The zero-order valence-corrected chi connectivity index (χ0v) is 17.6. The summed E-state index contributed by atoms with van der Waals surface area (Å²) < 4.78 is 48.0. The molecule has 1 atom stereocenters. The van der Waals surface area contributed by atoms with Crippen LogP contribution in [-0.2, 0) is 25.7 Å². The van der Waals surface area contributed by atoms with Crippen LogP contribution in [0.3, 0.4) is 0 Å². The number of alkyl halides is 3. The fraction of sp³-hybridized carbons (Fsp3) is 0.261. The Hall–Kier alpha value is -3.82. The van der Waals surface area contributed by atoms with Gasteiger partial charge in [-0.2, -0.15) is 13.2 Å². The average Bonchev–Trinajstić information content (AvgIpc) is 2.97. The van der Waals surface area contributed by atoms with Gasteiger partial charge < -0.3 is 14.6 Å². The van der Waals surface area contributed by atoms with Crippen LogP contribution in [0.5, 0.6) is 0 Å². The van der Waals surface area contributed by atoms with Crippen LogP contribution in [-0.4, -0.2) is 41.2 Å². The Bertz CT molecular complexity index is 1240. The van der Waals surface area contributed by atoms with E-state index in [-0.39, 0.29) is 17.9 Å². The highest BCUT2D eigenvalue weighted by atomic mass is 19.4. The van der Waals surface area contributed by atoms with E-state index < -0.39 is 43.0 Å². The molecular formula is C23H20F3N3O4. The number of benzene rings is 2.